The van der Waals surface area contributed by atoms with Crippen LogP contribution in [0.3, 0.4) is 0 Å². The van der Waals surface area contributed by atoms with E-state index in [1.807, 2.05) is 6.26 Å². The highest BCUT2D eigenvalue weighted by Gasteiger charge is 2.29. The van der Waals surface area contributed by atoms with Gasteiger partial charge in [0.05, 0.1) is 12.1 Å². The van der Waals surface area contributed by atoms with E-state index >= 15 is 0 Å². The second kappa shape index (κ2) is 6.35. The number of amides is 1. The Morgan fingerprint density at radius 3 is 2.87 bits per heavy atom. The molecular weight excluding hydrogens is 212 g/mol. The van der Waals surface area contributed by atoms with Crippen LogP contribution in [0.25, 0.3) is 0 Å². The van der Waals surface area contributed by atoms with Crippen LogP contribution in [0.4, 0.5) is 0 Å². The Balaban J connectivity index is 2.10. The fourth-order valence-corrected chi connectivity index (χ4v) is 1.85. The SMILES string of the molecule is CSCC[C@H](N)C(=O)NCC(O)C1CC1. The lowest BCUT2D eigenvalue weighted by atomic mass is 10.2. The first-order valence-electron chi connectivity index (χ1n) is 5.35. The molecule has 0 saturated heterocycles. The molecule has 5 heteroatoms. The molecule has 1 saturated carbocycles. The van der Waals surface area contributed by atoms with Gasteiger partial charge in [-0.3, -0.25) is 4.79 Å². The molecule has 1 aliphatic rings. The van der Waals surface area contributed by atoms with Crippen LogP contribution in [-0.2, 0) is 4.79 Å². The van der Waals surface area contributed by atoms with Crippen LogP contribution >= 0.6 is 11.8 Å². The molecule has 0 radical (unpaired) electrons. The van der Waals surface area contributed by atoms with Crippen molar-refractivity contribution in [3.63, 3.8) is 0 Å². The summed E-state index contributed by atoms with van der Waals surface area (Å²) in [6.07, 6.45) is 4.45. The Morgan fingerprint density at radius 1 is 1.67 bits per heavy atom. The van der Waals surface area contributed by atoms with E-state index in [1.165, 1.54) is 0 Å². The Bertz CT molecular complexity index is 210. The van der Waals surface area contributed by atoms with Crippen molar-refractivity contribution in [2.45, 2.75) is 31.4 Å². The van der Waals surface area contributed by atoms with Crippen LogP contribution in [0.1, 0.15) is 19.3 Å². The van der Waals surface area contributed by atoms with Crippen molar-refractivity contribution in [2.24, 2.45) is 11.7 Å². The third-order valence-corrected chi connectivity index (χ3v) is 3.27. The maximum absolute atomic E-state index is 11.4. The molecular formula is C10H20N2O2S. The summed E-state index contributed by atoms with van der Waals surface area (Å²) in [4.78, 5) is 11.4. The topological polar surface area (TPSA) is 75.4 Å². The molecule has 0 spiro atoms. The minimum atomic E-state index is -0.441. The van der Waals surface area contributed by atoms with Crippen LogP contribution in [0.2, 0.25) is 0 Å². The second-order valence-electron chi connectivity index (χ2n) is 4.04. The van der Waals surface area contributed by atoms with Gasteiger partial charge >= 0.3 is 0 Å². The van der Waals surface area contributed by atoms with Crippen LogP contribution < -0.4 is 11.1 Å². The zero-order valence-electron chi connectivity index (χ0n) is 9.11. The fourth-order valence-electron chi connectivity index (χ4n) is 1.36. The van der Waals surface area contributed by atoms with Crippen molar-refractivity contribution >= 4 is 17.7 Å². The van der Waals surface area contributed by atoms with Crippen LogP contribution in [0.5, 0.6) is 0 Å². The third kappa shape index (κ3) is 4.86. The van der Waals surface area contributed by atoms with Gasteiger partial charge in [-0.25, -0.2) is 0 Å². The number of nitrogens with one attached hydrogen (secondary N) is 1. The number of hydrogen-bond donors (Lipinski definition) is 3. The number of hydrogen-bond acceptors (Lipinski definition) is 4. The summed E-state index contributed by atoms with van der Waals surface area (Å²) in [7, 11) is 0. The van der Waals surface area contributed by atoms with E-state index in [4.69, 9.17) is 5.73 Å². The van der Waals surface area contributed by atoms with E-state index in [-0.39, 0.29) is 12.0 Å². The Hall–Kier alpha value is -0.260. The van der Waals surface area contributed by atoms with Crippen molar-refractivity contribution in [3.8, 4) is 0 Å². The smallest absolute Gasteiger partial charge is 0.237 e. The number of thioether (sulfide) groups is 1. The molecule has 0 aromatic rings. The first-order chi connectivity index (χ1) is 7.15. The van der Waals surface area contributed by atoms with E-state index in [0.29, 0.717) is 18.9 Å². The molecule has 1 rings (SSSR count). The van der Waals surface area contributed by atoms with Crippen LogP contribution in [0, 0.1) is 5.92 Å². The van der Waals surface area contributed by atoms with Crippen molar-refractivity contribution < 1.29 is 9.90 Å². The molecule has 0 bridgehead atoms. The lowest BCUT2D eigenvalue weighted by molar-refractivity contribution is -0.122. The molecule has 0 aromatic heterocycles. The molecule has 1 unspecified atom stereocenters. The standard InChI is InChI=1S/C10H20N2O2S/c1-15-5-4-8(11)10(14)12-6-9(13)7-2-3-7/h7-9,13H,2-6,11H2,1H3,(H,12,14)/t8-,9?/m0/s1. The summed E-state index contributed by atoms with van der Waals surface area (Å²) >= 11 is 1.68. The number of rotatable bonds is 7. The summed E-state index contributed by atoms with van der Waals surface area (Å²) in [5, 5.41) is 12.2. The quantitative estimate of drug-likeness (QED) is 0.575. The van der Waals surface area contributed by atoms with Gasteiger partial charge in [0, 0.05) is 6.54 Å². The van der Waals surface area contributed by atoms with Crippen LogP contribution in [0.15, 0.2) is 0 Å². The Labute approximate surface area is 95.0 Å². The van der Waals surface area contributed by atoms with Gasteiger partial charge in [0.15, 0.2) is 0 Å². The van der Waals surface area contributed by atoms with Gasteiger partial charge in [0.2, 0.25) is 5.91 Å². The fraction of sp³-hybridized carbons (Fsp3) is 0.900. The van der Waals surface area contributed by atoms with E-state index < -0.39 is 6.04 Å². The van der Waals surface area contributed by atoms with Gasteiger partial charge in [-0.2, -0.15) is 11.8 Å². The molecule has 2 atom stereocenters. The highest BCUT2D eigenvalue weighted by atomic mass is 32.2. The van der Waals surface area contributed by atoms with Gasteiger partial charge in [0.1, 0.15) is 0 Å². The minimum Gasteiger partial charge on any atom is -0.391 e. The number of aliphatic hydroxyl groups is 1. The maximum Gasteiger partial charge on any atom is 0.237 e. The predicted octanol–water partition coefficient (Wildman–Crippen LogP) is -0.0461. The van der Waals surface area contributed by atoms with Gasteiger partial charge in [-0.15, -0.1) is 0 Å². The molecule has 4 nitrogen and oxygen atoms in total. The first kappa shape index (κ1) is 12.8. The summed E-state index contributed by atoms with van der Waals surface area (Å²) in [5.74, 6) is 1.14. The van der Waals surface area contributed by atoms with Crippen LogP contribution in [-0.4, -0.2) is 41.7 Å². The first-order valence-corrected chi connectivity index (χ1v) is 6.74. The molecule has 0 aliphatic heterocycles. The number of carbonyl (C=O) groups is 1. The molecule has 1 fully saturated rings. The Kier molecular flexibility index (Phi) is 5.42. The lowest BCUT2D eigenvalue weighted by Crippen LogP contribution is -2.44. The van der Waals surface area contributed by atoms with Gasteiger partial charge in [0.25, 0.3) is 0 Å². The third-order valence-electron chi connectivity index (χ3n) is 2.62. The average Bonchev–Trinajstić information content (AvgIpc) is 3.05. The number of nitrogens with two attached hydrogens (primary N) is 1. The molecule has 4 N–H and O–H groups in total. The van der Waals surface area contributed by atoms with Gasteiger partial charge in [-0.05, 0) is 37.2 Å². The number of aliphatic hydroxyl groups excluding tert-OH is 1. The second-order valence-corrected chi connectivity index (χ2v) is 5.02. The number of carbonyl (C=O) groups excluding carboxylic acids is 1. The largest absolute Gasteiger partial charge is 0.391 e. The molecule has 1 aliphatic carbocycles. The summed E-state index contributed by atoms with van der Waals surface area (Å²) in [6.45, 7) is 0.344. The normalized spacial score (nSPS) is 19.7. The van der Waals surface area contributed by atoms with Crippen molar-refractivity contribution in [1.82, 2.24) is 5.32 Å². The average molecular weight is 232 g/mol. The monoisotopic (exact) mass is 232 g/mol. The Morgan fingerprint density at radius 2 is 2.33 bits per heavy atom. The highest BCUT2D eigenvalue weighted by molar-refractivity contribution is 7.98. The van der Waals surface area contributed by atoms with Crippen molar-refractivity contribution in [1.29, 1.82) is 0 Å². The summed E-state index contributed by atoms with van der Waals surface area (Å²) in [6, 6.07) is -0.441. The molecule has 88 valence electrons. The molecule has 0 aromatic carbocycles. The van der Waals surface area contributed by atoms with E-state index in [2.05, 4.69) is 5.32 Å². The predicted molar refractivity (Wildman–Crippen MR) is 62.7 cm³/mol. The molecule has 0 heterocycles. The minimum absolute atomic E-state index is 0.149. The van der Waals surface area contributed by atoms with E-state index in [0.717, 1.165) is 18.6 Å². The maximum atomic E-state index is 11.4. The zero-order chi connectivity index (χ0) is 11.3. The summed E-state index contributed by atoms with van der Waals surface area (Å²) < 4.78 is 0. The van der Waals surface area contributed by atoms with E-state index in [1.54, 1.807) is 11.8 Å². The summed E-state index contributed by atoms with van der Waals surface area (Å²) in [5.41, 5.74) is 5.67. The molecule has 15 heavy (non-hydrogen) atoms. The van der Waals surface area contributed by atoms with Crippen molar-refractivity contribution in [3.05, 3.63) is 0 Å². The van der Waals surface area contributed by atoms with Gasteiger partial charge in [-0.1, -0.05) is 0 Å². The molecule has 1 amide bonds. The van der Waals surface area contributed by atoms with Gasteiger partial charge < -0.3 is 16.2 Å². The highest BCUT2D eigenvalue weighted by Crippen LogP contribution is 2.32. The zero-order valence-corrected chi connectivity index (χ0v) is 9.93. The lowest BCUT2D eigenvalue weighted by Gasteiger charge is -2.14. The van der Waals surface area contributed by atoms with Crippen molar-refractivity contribution in [2.75, 3.05) is 18.6 Å². The van der Waals surface area contributed by atoms with E-state index in [9.17, 15) is 9.90 Å².